The van der Waals surface area contributed by atoms with Crippen LogP contribution in [0.5, 0.6) is 0 Å². The summed E-state index contributed by atoms with van der Waals surface area (Å²) in [4.78, 5) is 68.9. The highest BCUT2D eigenvalue weighted by Gasteiger charge is 2.44. The highest BCUT2D eigenvalue weighted by atomic mass is 33.1. The largest absolute Gasteiger partial charge is 0.480 e. The lowest BCUT2D eigenvalue weighted by atomic mass is 9.93. The van der Waals surface area contributed by atoms with Crippen LogP contribution in [0.3, 0.4) is 0 Å². The van der Waals surface area contributed by atoms with Crippen molar-refractivity contribution in [3.63, 3.8) is 0 Å². The molecule has 0 aromatic heterocycles. The third-order valence-corrected chi connectivity index (χ3v) is 6.93. The van der Waals surface area contributed by atoms with Gasteiger partial charge < -0.3 is 43.4 Å². The normalized spacial score (nSPS) is 16.8. The highest BCUT2D eigenvalue weighted by molar-refractivity contribution is 8.76. The van der Waals surface area contributed by atoms with Crippen LogP contribution in [-0.2, 0) is 28.8 Å². The Labute approximate surface area is 189 Å². The van der Waals surface area contributed by atoms with Crippen molar-refractivity contribution in [2.24, 2.45) is 22.9 Å². The summed E-state index contributed by atoms with van der Waals surface area (Å²) in [6, 6.07) is -2.76. The molecule has 0 aromatic rings. The number of hydrogen-bond donors (Lipinski definition) is 8. The van der Waals surface area contributed by atoms with Crippen molar-refractivity contribution in [3.05, 3.63) is 0 Å². The third-order valence-electron chi connectivity index (χ3n) is 4.41. The van der Waals surface area contributed by atoms with Crippen LogP contribution >= 0.6 is 21.6 Å². The standard InChI is InChI=1S/C16H26N4O10S2/c17-7(11(23)24)1-3-9(21)15(19,13(27)28)5-31-32-6-16(20,14(29)30)10(22)4-2-8(18)12(25)26/h7-8H,1-6,17-20H2,(H,23,24)(H,25,26)(H,27,28)(H,29,30). The van der Waals surface area contributed by atoms with Gasteiger partial charge in [0.15, 0.2) is 22.6 Å². The molecule has 16 heteroatoms. The van der Waals surface area contributed by atoms with Gasteiger partial charge in [-0.05, 0) is 12.8 Å². The molecule has 12 N–H and O–H groups in total. The van der Waals surface area contributed by atoms with E-state index in [2.05, 4.69) is 0 Å². The average Bonchev–Trinajstić information content (AvgIpc) is 2.71. The Morgan fingerprint density at radius 1 is 0.656 bits per heavy atom. The minimum absolute atomic E-state index is 0.337. The van der Waals surface area contributed by atoms with E-state index in [1.807, 2.05) is 0 Å². The van der Waals surface area contributed by atoms with E-state index < -0.39 is 83.0 Å². The number of carboxylic acid groups (broad SMARTS) is 4. The quantitative estimate of drug-likeness (QED) is 0.0581. The van der Waals surface area contributed by atoms with Gasteiger partial charge >= 0.3 is 23.9 Å². The predicted octanol–water partition coefficient (Wildman–Crippen LogP) is -2.55. The van der Waals surface area contributed by atoms with Gasteiger partial charge in [0.1, 0.15) is 12.1 Å². The number of ketones is 2. The van der Waals surface area contributed by atoms with Crippen LogP contribution in [-0.4, -0.2) is 90.5 Å². The first-order chi connectivity index (χ1) is 14.6. The molecule has 0 saturated heterocycles. The zero-order valence-electron chi connectivity index (χ0n) is 16.8. The van der Waals surface area contributed by atoms with Gasteiger partial charge in [-0.3, -0.25) is 19.2 Å². The molecular weight excluding hydrogens is 472 g/mol. The summed E-state index contributed by atoms with van der Waals surface area (Å²) in [5, 5.41) is 36.1. The molecule has 0 aliphatic heterocycles. The van der Waals surface area contributed by atoms with E-state index in [9.17, 15) is 39.0 Å². The molecular formula is C16H26N4O10S2. The number of aliphatic carboxylic acids is 4. The van der Waals surface area contributed by atoms with Gasteiger partial charge in [-0.2, -0.15) is 0 Å². The van der Waals surface area contributed by atoms with E-state index in [1.165, 1.54) is 0 Å². The van der Waals surface area contributed by atoms with E-state index in [4.69, 9.17) is 33.1 Å². The predicted molar refractivity (Wildman–Crippen MR) is 114 cm³/mol. The summed E-state index contributed by atoms with van der Waals surface area (Å²) in [7, 11) is 1.35. The number of Topliss-reactive ketones (excluding diaryl/α,β-unsaturated/α-hetero) is 2. The summed E-state index contributed by atoms with van der Waals surface area (Å²) < 4.78 is 0. The van der Waals surface area contributed by atoms with E-state index in [1.54, 1.807) is 0 Å². The molecule has 4 unspecified atom stereocenters. The maximum Gasteiger partial charge on any atom is 0.332 e. The second-order valence-corrected chi connectivity index (χ2v) is 9.35. The fraction of sp³-hybridized carbons (Fsp3) is 0.625. The topological polar surface area (TPSA) is 287 Å². The first kappa shape index (κ1) is 29.8. The molecule has 0 amide bonds. The Balaban J connectivity index is 5.02. The van der Waals surface area contributed by atoms with Crippen LogP contribution in [0.1, 0.15) is 25.7 Å². The van der Waals surface area contributed by atoms with Crippen molar-refractivity contribution in [2.75, 3.05) is 11.5 Å². The number of hydrogen-bond acceptors (Lipinski definition) is 12. The second kappa shape index (κ2) is 12.7. The van der Waals surface area contributed by atoms with Crippen molar-refractivity contribution in [1.29, 1.82) is 0 Å². The van der Waals surface area contributed by atoms with Gasteiger partial charge in [0.25, 0.3) is 0 Å². The fourth-order valence-corrected chi connectivity index (χ4v) is 4.78. The number of carboxylic acids is 4. The lowest BCUT2D eigenvalue weighted by Crippen LogP contribution is -2.58. The number of rotatable bonds is 17. The minimum atomic E-state index is -2.41. The Bertz CT molecular complexity index is 705. The van der Waals surface area contributed by atoms with E-state index >= 15 is 0 Å². The van der Waals surface area contributed by atoms with E-state index in [-0.39, 0.29) is 12.8 Å². The van der Waals surface area contributed by atoms with Gasteiger partial charge in [0.2, 0.25) is 0 Å². The first-order valence-electron chi connectivity index (χ1n) is 8.92. The van der Waals surface area contributed by atoms with Crippen molar-refractivity contribution in [1.82, 2.24) is 0 Å². The number of carbonyl (C=O) groups excluding carboxylic acids is 2. The molecule has 14 nitrogen and oxygen atoms in total. The van der Waals surface area contributed by atoms with Crippen LogP contribution < -0.4 is 22.9 Å². The molecule has 0 saturated carbocycles. The third kappa shape index (κ3) is 8.36. The smallest absolute Gasteiger partial charge is 0.332 e. The molecule has 0 fully saturated rings. The maximum absolute atomic E-state index is 12.2. The van der Waals surface area contributed by atoms with E-state index in [0.717, 1.165) is 0 Å². The molecule has 0 aliphatic carbocycles. The number of nitrogens with two attached hydrogens (primary N) is 4. The first-order valence-corrected chi connectivity index (χ1v) is 11.4. The van der Waals surface area contributed by atoms with Crippen molar-refractivity contribution >= 4 is 57.0 Å². The number of carbonyl (C=O) groups is 6. The van der Waals surface area contributed by atoms with Gasteiger partial charge in [-0.15, -0.1) is 0 Å². The molecule has 0 aliphatic rings. The Morgan fingerprint density at radius 2 is 0.938 bits per heavy atom. The van der Waals surface area contributed by atoms with Crippen LogP contribution in [0.2, 0.25) is 0 Å². The Morgan fingerprint density at radius 3 is 1.16 bits per heavy atom. The summed E-state index contributed by atoms with van der Waals surface area (Å²) in [5.74, 6) is -9.16. The van der Waals surface area contributed by atoms with Gasteiger partial charge in [0.05, 0.1) is 0 Å². The van der Waals surface area contributed by atoms with E-state index in [0.29, 0.717) is 21.6 Å². The fourth-order valence-electron chi connectivity index (χ4n) is 2.06. The van der Waals surface area contributed by atoms with Crippen LogP contribution in [0.25, 0.3) is 0 Å². The summed E-state index contributed by atoms with van der Waals surface area (Å²) in [6.07, 6.45) is -1.70. The summed E-state index contributed by atoms with van der Waals surface area (Å²) >= 11 is 0. The van der Waals surface area contributed by atoms with Crippen molar-refractivity contribution in [3.8, 4) is 0 Å². The van der Waals surface area contributed by atoms with Crippen LogP contribution in [0.4, 0.5) is 0 Å². The molecule has 182 valence electrons. The Hall–Kier alpha value is -2.24. The Kier molecular flexibility index (Phi) is 11.8. The SMILES string of the molecule is NC(CCC(=O)C(N)(CSSCC(N)(C(=O)O)C(=O)CCC(N)C(=O)O)C(=O)O)C(=O)O. The zero-order valence-corrected chi connectivity index (χ0v) is 18.4. The average molecular weight is 499 g/mol. The van der Waals surface area contributed by atoms with Crippen LogP contribution in [0, 0.1) is 0 Å². The van der Waals surface area contributed by atoms with Crippen molar-refractivity contribution < 1.29 is 49.2 Å². The molecule has 0 radical (unpaired) electrons. The molecule has 0 spiro atoms. The van der Waals surface area contributed by atoms with Gasteiger partial charge in [0, 0.05) is 24.3 Å². The van der Waals surface area contributed by atoms with Crippen LogP contribution in [0.15, 0.2) is 0 Å². The summed E-state index contributed by atoms with van der Waals surface area (Å²) in [5.41, 5.74) is 17.1. The zero-order chi connectivity index (χ0) is 25.3. The minimum Gasteiger partial charge on any atom is -0.480 e. The lowest BCUT2D eigenvalue weighted by molar-refractivity contribution is -0.149. The molecule has 32 heavy (non-hydrogen) atoms. The highest BCUT2D eigenvalue weighted by Crippen LogP contribution is 2.30. The molecule has 0 bridgehead atoms. The monoisotopic (exact) mass is 498 g/mol. The second-order valence-electron chi connectivity index (χ2n) is 6.89. The molecule has 4 atom stereocenters. The summed E-state index contributed by atoms with van der Waals surface area (Å²) in [6.45, 7) is 0. The lowest BCUT2D eigenvalue weighted by Gasteiger charge is -2.25. The molecule has 0 rings (SSSR count). The van der Waals surface area contributed by atoms with Gasteiger partial charge in [-0.25, -0.2) is 9.59 Å². The molecule has 0 heterocycles. The van der Waals surface area contributed by atoms with Crippen molar-refractivity contribution in [2.45, 2.75) is 48.8 Å². The molecule has 0 aromatic carbocycles. The van der Waals surface area contributed by atoms with Gasteiger partial charge in [-0.1, -0.05) is 21.6 Å². The maximum atomic E-state index is 12.2.